The maximum atomic E-state index is 11.7. The molecule has 118 valence electrons. The van der Waals surface area contributed by atoms with Crippen LogP contribution in [0.2, 0.25) is 0 Å². The minimum absolute atomic E-state index is 0.00592. The largest absolute Gasteiger partial charge is 0.365 e. The Kier molecular flexibility index (Phi) is 5.18. The summed E-state index contributed by atoms with van der Waals surface area (Å²) in [5.74, 6) is 0.558. The fraction of sp³-hybridized carbons (Fsp3) is 0.176. The lowest BCUT2D eigenvalue weighted by Gasteiger charge is -2.05. The van der Waals surface area contributed by atoms with E-state index in [9.17, 15) is 4.79 Å². The Hall–Kier alpha value is -2.44. The van der Waals surface area contributed by atoms with Crippen molar-refractivity contribution in [3.63, 3.8) is 0 Å². The Morgan fingerprint density at radius 3 is 2.87 bits per heavy atom. The standard InChI is InChI=1S/C17H16N2O3S/c20-17(18-10-13-5-2-1-3-6-13)12-21-11-14-9-15(22-19-14)16-7-4-8-23-16/h1-9H,10-12H2,(H,18,20). The number of thiophene rings is 1. The van der Waals surface area contributed by atoms with E-state index in [2.05, 4.69) is 10.5 Å². The van der Waals surface area contributed by atoms with Crippen LogP contribution >= 0.6 is 11.3 Å². The Morgan fingerprint density at radius 2 is 2.09 bits per heavy atom. The first kappa shape index (κ1) is 15.5. The van der Waals surface area contributed by atoms with Gasteiger partial charge in [0.05, 0.1) is 11.5 Å². The van der Waals surface area contributed by atoms with Gasteiger partial charge in [0, 0.05) is 12.6 Å². The maximum Gasteiger partial charge on any atom is 0.246 e. The number of carbonyl (C=O) groups excluding carboxylic acids is 1. The summed E-state index contributed by atoms with van der Waals surface area (Å²) in [4.78, 5) is 12.7. The molecule has 3 aromatic rings. The van der Waals surface area contributed by atoms with E-state index in [-0.39, 0.29) is 19.1 Å². The first-order valence-electron chi connectivity index (χ1n) is 7.19. The number of carbonyl (C=O) groups is 1. The van der Waals surface area contributed by atoms with E-state index in [4.69, 9.17) is 9.26 Å². The van der Waals surface area contributed by atoms with E-state index in [0.717, 1.165) is 10.4 Å². The zero-order valence-electron chi connectivity index (χ0n) is 12.4. The Labute approximate surface area is 137 Å². The number of hydrogen-bond donors (Lipinski definition) is 1. The summed E-state index contributed by atoms with van der Waals surface area (Å²) in [6.07, 6.45) is 0. The number of nitrogens with one attached hydrogen (secondary N) is 1. The summed E-state index contributed by atoms with van der Waals surface area (Å²) in [5, 5.41) is 8.72. The van der Waals surface area contributed by atoms with Crippen molar-refractivity contribution in [1.82, 2.24) is 10.5 Å². The van der Waals surface area contributed by atoms with Crippen LogP contribution in [0.1, 0.15) is 11.3 Å². The van der Waals surface area contributed by atoms with Crippen LogP contribution in [0, 0.1) is 0 Å². The first-order chi connectivity index (χ1) is 11.3. The van der Waals surface area contributed by atoms with Gasteiger partial charge in [-0.3, -0.25) is 4.79 Å². The second kappa shape index (κ2) is 7.71. The Bertz CT molecular complexity index is 738. The molecule has 0 aliphatic heterocycles. The van der Waals surface area contributed by atoms with E-state index in [1.165, 1.54) is 0 Å². The van der Waals surface area contributed by atoms with Gasteiger partial charge in [0.1, 0.15) is 12.3 Å². The molecule has 23 heavy (non-hydrogen) atoms. The fourth-order valence-electron chi connectivity index (χ4n) is 2.01. The lowest BCUT2D eigenvalue weighted by molar-refractivity contribution is -0.126. The zero-order valence-corrected chi connectivity index (χ0v) is 13.2. The second-order valence-electron chi connectivity index (χ2n) is 4.91. The van der Waals surface area contributed by atoms with Gasteiger partial charge < -0.3 is 14.6 Å². The van der Waals surface area contributed by atoms with Crippen molar-refractivity contribution in [1.29, 1.82) is 0 Å². The summed E-state index contributed by atoms with van der Waals surface area (Å²) in [6, 6.07) is 15.5. The molecule has 0 saturated heterocycles. The van der Waals surface area contributed by atoms with Gasteiger partial charge in [0.25, 0.3) is 0 Å². The van der Waals surface area contributed by atoms with Crippen LogP contribution in [-0.2, 0) is 22.7 Å². The van der Waals surface area contributed by atoms with Crippen LogP contribution in [0.15, 0.2) is 58.4 Å². The topological polar surface area (TPSA) is 64.4 Å². The molecule has 6 heteroatoms. The van der Waals surface area contributed by atoms with Gasteiger partial charge in [0.2, 0.25) is 5.91 Å². The van der Waals surface area contributed by atoms with Crippen molar-refractivity contribution in [2.24, 2.45) is 0 Å². The van der Waals surface area contributed by atoms with Gasteiger partial charge in [-0.05, 0) is 17.0 Å². The number of amides is 1. The van der Waals surface area contributed by atoms with Crippen LogP contribution in [0.4, 0.5) is 0 Å². The molecule has 0 aliphatic rings. The monoisotopic (exact) mass is 328 g/mol. The summed E-state index contributed by atoms with van der Waals surface area (Å²) in [6.45, 7) is 0.733. The molecule has 2 heterocycles. The zero-order chi connectivity index (χ0) is 15.9. The van der Waals surface area contributed by atoms with Gasteiger partial charge in [0.15, 0.2) is 5.76 Å². The molecule has 0 spiro atoms. The molecule has 0 unspecified atom stereocenters. The molecular weight excluding hydrogens is 312 g/mol. The average molecular weight is 328 g/mol. The van der Waals surface area contributed by atoms with Crippen LogP contribution in [0.3, 0.4) is 0 Å². The van der Waals surface area contributed by atoms with E-state index in [1.54, 1.807) is 11.3 Å². The van der Waals surface area contributed by atoms with Gasteiger partial charge in [-0.15, -0.1) is 11.3 Å². The van der Waals surface area contributed by atoms with Crippen LogP contribution < -0.4 is 5.32 Å². The van der Waals surface area contributed by atoms with Crippen LogP contribution in [0.25, 0.3) is 10.6 Å². The highest BCUT2D eigenvalue weighted by atomic mass is 32.1. The smallest absolute Gasteiger partial charge is 0.246 e. The molecule has 2 aromatic heterocycles. The van der Waals surface area contributed by atoms with Crippen molar-refractivity contribution in [2.45, 2.75) is 13.2 Å². The summed E-state index contributed by atoms with van der Waals surface area (Å²) in [7, 11) is 0. The average Bonchev–Trinajstić information content (AvgIpc) is 3.25. The molecule has 1 aromatic carbocycles. The highest BCUT2D eigenvalue weighted by Gasteiger charge is 2.08. The minimum Gasteiger partial charge on any atom is -0.365 e. The number of rotatable bonds is 7. The van der Waals surface area contributed by atoms with E-state index < -0.39 is 0 Å². The molecule has 0 saturated carbocycles. The van der Waals surface area contributed by atoms with Crippen LogP contribution in [-0.4, -0.2) is 17.7 Å². The SMILES string of the molecule is O=C(COCc1cc(-c2cccs2)on1)NCc1ccccc1. The molecule has 1 N–H and O–H groups in total. The third-order valence-electron chi connectivity index (χ3n) is 3.14. The van der Waals surface area contributed by atoms with Crippen molar-refractivity contribution >= 4 is 17.2 Å². The van der Waals surface area contributed by atoms with Crippen molar-refractivity contribution in [2.75, 3.05) is 6.61 Å². The normalized spacial score (nSPS) is 10.6. The van der Waals surface area contributed by atoms with Crippen molar-refractivity contribution in [3.05, 3.63) is 65.2 Å². The molecule has 5 nitrogen and oxygen atoms in total. The van der Waals surface area contributed by atoms with E-state index in [1.807, 2.05) is 53.9 Å². The predicted octanol–water partition coefficient (Wildman–Crippen LogP) is 3.24. The number of hydrogen-bond acceptors (Lipinski definition) is 5. The van der Waals surface area contributed by atoms with Gasteiger partial charge in [-0.1, -0.05) is 41.6 Å². The van der Waals surface area contributed by atoms with E-state index in [0.29, 0.717) is 18.0 Å². The predicted molar refractivity (Wildman–Crippen MR) is 87.8 cm³/mol. The van der Waals surface area contributed by atoms with Gasteiger partial charge >= 0.3 is 0 Å². The first-order valence-corrected chi connectivity index (χ1v) is 8.07. The number of nitrogens with zero attached hydrogens (tertiary/aromatic N) is 1. The molecule has 0 fully saturated rings. The molecule has 0 aliphatic carbocycles. The molecular formula is C17H16N2O3S. The molecule has 1 amide bonds. The lowest BCUT2D eigenvalue weighted by atomic mass is 10.2. The third-order valence-corrected chi connectivity index (χ3v) is 4.02. The van der Waals surface area contributed by atoms with E-state index >= 15 is 0 Å². The molecule has 0 bridgehead atoms. The Morgan fingerprint density at radius 1 is 1.22 bits per heavy atom. The van der Waals surface area contributed by atoms with Crippen LogP contribution in [0.5, 0.6) is 0 Å². The summed E-state index contributed by atoms with van der Waals surface area (Å²) in [5.41, 5.74) is 1.72. The molecule has 3 rings (SSSR count). The maximum absolute atomic E-state index is 11.7. The molecule has 0 atom stereocenters. The number of aromatic nitrogens is 1. The fourth-order valence-corrected chi connectivity index (χ4v) is 2.68. The highest BCUT2D eigenvalue weighted by molar-refractivity contribution is 7.13. The number of benzene rings is 1. The molecule has 0 radical (unpaired) electrons. The van der Waals surface area contributed by atoms with Crippen molar-refractivity contribution in [3.8, 4) is 10.6 Å². The summed E-state index contributed by atoms with van der Waals surface area (Å²) < 4.78 is 10.6. The van der Waals surface area contributed by atoms with Gasteiger partial charge in [-0.25, -0.2) is 0 Å². The quantitative estimate of drug-likeness (QED) is 0.723. The lowest BCUT2D eigenvalue weighted by Crippen LogP contribution is -2.27. The summed E-state index contributed by atoms with van der Waals surface area (Å²) >= 11 is 1.58. The second-order valence-corrected chi connectivity index (χ2v) is 5.86. The van der Waals surface area contributed by atoms with Crippen molar-refractivity contribution < 1.29 is 14.1 Å². The minimum atomic E-state index is -0.157. The number of ether oxygens (including phenoxy) is 1. The Balaban J connectivity index is 1.40. The third kappa shape index (κ3) is 4.51. The van der Waals surface area contributed by atoms with Gasteiger partial charge in [-0.2, -0.15) is 0 Å². The highest BCUT2D eigenvalue weighted by Crippen LogP contribution is 2.25.